The maximum atomic E-state index is 5.73. The molecular weight excluding hydrogens is 206 g/mol. The van der Waals surface area contributed by atoms with Crippen molar-refractivity contribution in [3.63, 3.8) is 0 Å². The molecule has 0 amide bonds. The summed E-state index contributed by atoms with van der Waals surface area (Å²) in [5.41, 5.74) is 9.51. The van der Waals surface area contributed by atoms with Crippen LogP contribution in [0.5, 0.6) is 0 Å². The van der Waals surface area contributed by atoms with Crippen LogP contribution in [0.25, 0.3) is 0 Å². The third-order valence-electron chi connectivity index (χ3n) is 2.19. The number of nitrogens with zero attached hydrogens (tertiary/aromatic N) is 2. The van der Waals surface area contributed by atoms with E-state index in [0.717, 1.165) is 17.9 Å². The second-order valence-corrected chi connectivity index (χ2v) is 4.39. The van der Waals surface area contributed by atoms with Crippen LogP contribution in [-0.4, -0.2) is 12.0 Å². The van der Waals surface area contributed by atoms with E-state index in [4.69, 9.17) is 5.73 Å². The molecular formula is C11H13N3S. The van der Waals surface area contributed by atoms with Crippen molar-refractivity contribution >= 4 is 22.7 Å². The van der Waals surface area contributed by atoms with E-state index in [1.165, 1.54) is 4.88 Å². The molecule has 2 rings (SSSR count). The molecule has 0 saturated heterocycles. The monoisotopic (exact) mass is 219 g/mol. The van der Waals surface area contributed by atoms with Gasteiger partial charge in [0.15, 0.2) is 0 Å². The van der Waals surface area contributed by atoms with Crippen molar-refractivity contribution in [2.24, 2.45) is 0 Å². The first-order valence-corrected chi connectivity index (χ1v) is 5.58. The summed E-state index contributed by atoms with van der Waals surface area (Å²) in [7, 11) is 2.05. The molecule has 0 radical (unpaired) electrons. The van der Waals surface area contributed by atoms with Crippen LogP contribution in [0.4, 0.5) is 11.4 Å². The summed E-state index contributed by atoms with van der Waals surface area (Å²) >= 11 is 1.67. The van der Waals surface area contributed by atoms with Crippen LogP contribution in [0.3, 0.4) is 0 Å². The molecule has 1 heterocycles. The van der Waals surface area contributed by atoms with Crippen molar-refractivity contribution in [2.75, 3.05) is 17.7 Å². The number of rotatable bonds is 3. The molecule has 0 saturated carbocycles. The van der Waals surface area contributed by atoms with Gasteiger partial charge in [-0.05, 0) is 18.2 Å². The fraction of sp³-hybridized carbons (Fsp3) is 0.182. The maximum absolute atomic E-state index is 5.73. The molecule has 0 aliphatic rings. The highest BCUT2D eigenvalue weighted by Crippen LogP contribution is 2.19. The zero-order valence-electron chi connectivity index (χ0n) is 8.55. The van der Waals surface area contributed by atoms with E-state index in [0.29, 0.717) is 0 Å². The van der Waals surface area contributed by atoms with Crippen LogP contribution in [0.15, 0.2) is 36.0 Å². The molecule has 2 N–H and O–H groups in total. The molecule has 0 atom stereocenters. The van der Waals surface area contributed by atoms with E-state index in [9.17, 15) is 0 Å². The fourth-order valence-corrected chi connectivity index (χ4v) is 2.05. The molecule has 78 valence electrons. The fourth-order valence-electron chi connectivity index (χ4n) is 1.41. The highest BCUT2D eigenvalue weighted by molar-refractivity contribution is 7.09. The van der Waals surface area contributed by atoms with Gasteiger partial charge in [-0.15, -0.1) is 11.3 Å². The van der Waals surface area contributed by atoms with Crippen molar-refractivity contribution in [1.29, 1.82) is 0 Å². The van der Waals surface area contributed by atoms with E-state index in [2.05, 4.69) is 23.0 Å². The minimum atomic E-state index is 0.795. The van der Waals surface area contributed by atoms with Gasteiger partial charge >= 0.3 is 0 Å². The normalized spacial score (nSPS) is 10.2. The average Bonchev–Trinajstić information content (AvgIpc) is 2.70. The molecule has 3 nitrogen and oxygen atoms in total. The lowest BCUT2D eigenvalue weighted by Crippen LogP contribution is -2.15. The highest BCUT2D eigenvalue weighted by atomic mass is 32.1. The van der Waals surface area contributed by atoms with Crippen LogP contribution in [0.1, 0.15) is 4.88 Å². The Morgan fingerprint density at radius 3 is 3.00 bits per heavy atom. The second kappa shape index (κ2) is 4.31. The second-order valence-electron chi connectivity index (χ2n) is 3.42. The molecule has 0 aliphatic heterocycles. The molecule has 1 aromatic carbocycles. The Balaban J connectivity index is 2.11. The molecule has 1 aromatic heterocycles. The quantitative estimate of drug-likeness (QED) is 0.806. The number of thiazole rings is 1. The van der Waals surface area contributed by atoms with E-state index in [1.54, 1.807) is 11.3 Å². The minimum absolute atomic E-state index is 0.795. The number of nitrogen functional groups attached to an aromatic ring is 1. The van der Waals surface area contributed by atoms with Crippen molar-refractivity contribution in [1.82, 2.24) is 4.98 Å². The molecule has 0 aliphatic carbocycles. The van der Waals surface area contributed by atoms with Gasteiger partial charge in [-0.2, -0.15) is 0 Å². The number of aromatic nitrogens is 1. The first-order chi connectivity index (χ1) is 7.25. The Kier molecular flexibility index (Phi) is 2.87. The van der Waals surface area contributed by atoms with Crippen LogP contribution < -0.4 is 10.6 Å². The number of nitrogens with two attached hydrogens (primary N) is 1. The SMILES string of the molecule is CN(Cc1cncs1)c1cccc(N)c1. The number of hydrogen-bond acceptors (Lipinski definition) is 4. The Labute approximate surface area is 93.2 Å². The first-order valence-electron chi connectivity index (χ1n) is 4.70. The van der Waals surface area contributed by atoms with E-state index in [1.807, 2.05) is 29.9 Å². The van der Waals surface area contributed by atoms with Crippen molar-refractivity contribution < 1.29 is 0 Å². The summed E-state index contributed by atoms with van der Waals surface area (Å²) in [6.07, 6.45) is 1.90. The molecule has 0 fully saturated rings. The topological polar surface area (TPSA) is 42.2 Å². The Hall–Kier alpha value is -1.55. The third-order valence-corrected chi connectivity index (χ3v) is 2.95. The predicted molar refractivity (Wildman–Crippen MR) is 65.1 cm³/mol. The third kappa shape index (κ3) is 2.47. The van der Waals surface area contributed by atoms with Gasteiger partial charge in [0.05, 0.1) is 12.1 Å². The van der Waals surface area contributed by atoms with Gasteiger partial charge in [0.1, 0.15) is 0 Å². The van der Waals surface area contributed by atoms with E-state index >= 15 is 0 Å². The highest BCUT2D eigenvalue weighted by Gasteiger charge is 2.03. The van der Waals surface area contributed by atoms with Gasteiger partial charge in [-0.3, -0.25) is 4.98 Å². The molecule has 0 spiro atoms. The van der Waals surface area contributed by atoms with E-state index < -0.39 is 0 Å². The number of anilines is 2. The summed E-state index contributed by atoms with van der Waals surface area (Å²) in [6, 6.07) is 7.89. The van der Waals surface area contributed by atoms with Crippen LogP contribution in [0, 0.1) is 0 Å². The van der Waals surface area contributed by atoms with Crippen molar-refractivity contribution in [2.45, 2.75) is 6.54 Å². The minimum Gasteiger partial charge on any atom is -0.399 e. The summed E-state index contributed by atoms with van der Waals surface area (Å²) in [6.45, 7) is 0.869. The van der Waals surface area contributed by atoms with Gasteiger partial charge in [-0.1, -0.05) is 6.07 Å². The van der Waals surface area contributed by atoms with Gasteiger partial charge in [0.2, 0.25) is 0 Å². The standard InChI is InChI=1S/C11H13N3S/c1-14(7-11-6-13-8-15-11)10-4-2-3-9(12)5-10/h2-6,8H,7,12H2,1H3. The lowest BCUT2D eigenvalue weighted by molar-refractivity contribution is 0.937. The average molecular weight is 219 g/mol. The lowest BCUT2D eigenvalue weighted by Gasteiger charge is -2.18. The van der Waals surface area contributed by atoms with Gasteiger partial charge in [0, 0.05) is 29.5 Å². The number of benzene rings is 1. The summed E-state index contributed by atoms with van der Waals surface area (Å²) in [5.74, 6) is 0. The Morgan fingerprint density at radius 2 is 2.33 bits per heavy atom. The maximum Gasteiger partial charge on any atom is 0.0794 e. The molecule has 2 aromatic rings. The molecule has 0 bridgehead atoms. The Bertz CT molecular complexity index is 425. The van der Waals surface area contributed by atoms with Crippen LogP contribution >= 0.6 is 11.3 Å². The summed E-state index contributed by atoms with van der Waals surface area (Å²) < 4.78 is 0. The molecule has 0 unspecified atom stereocenters. The van der Waals surface area contributed by atoms with E-state index in [-0.39, 0.29) is 0 Å². The van der Waals surface area contributed by atoms with Gasteiger partial charge in [0.25, 0.3) is 0 Å². The van der Waals surface area contributed by atoms with Crippen LogP contribution in [0.2, 0.25) is 0 Å². The first kappa shape index (κ1) is 9.98. The lowest BCUT2D eigenvalue weighted by atomic mass is 10.2. The predicted octanol–water partition coefficient (Wildman–Crippen LogP) is 2.36. The molecule has 4 heteroatoms. The van der Waals surface area contributed by atoms with Crippen molar-refractivity contribution in [3.8, 4) is 0 Å². The summed E-state index contributed by atoms with van der Waals surface area (Å²) in [4.78, 5) is 7.46. The molecule has 15 heavy (non-hydrogen) atoms. The number of hydrogen-bond donors (Lipinski definition) is 1. The Morgan fingerprint density at radius 1 is 1.47 bits per heavy atom. The van der Waals surface area contributed by atoms with Crippen LogP contribution in [-0.2, 0) is 6.54 Å². The largest absolute Gasteiger partial charge is 0.399 e. The van der Waals surface area contributed by atoms with Crippen molar-refractivity contribution in [3.05, 3.63) is 40.8 Å². The smallest absolute Gasteiger partial charge is 0.0794 e. The summed E-state index contributed by atoms with van der Waals surface area (Å²) in [5, 5.41) is 0. The van der Waals surface area contributed by atoms with Gasteiger partial charge in [-0.25, -0.2) is 0 Å². The zero-order chi connectivity index (χ0) is 10.7. The van der Waals surface area contributed by atoms with Gasteiger partial charge < -0.3 is 10.6 Å². The zero-order valence-corrected chi connectivity index (χ0v) is 9.37.